The van der Waals surface area contributed by atoms with Crippen LogP contribution in [0.4, 0.5) is 0 Å². The largest absolute Gasteiger partial charge is 0.495 e. The van der Waals surface area contributed by atoms with Crippen molar-refractivity contribution in [1.29, 1.82) is 0 Å². The predicted molar refractivity (Wildman–Crippen MR) is 78.4 cm³/mol. The highest BCUT2D eigenvalue weighted by atomic mass is 79.9. The minimum atomic E-state index is 0.857. The van der Waals surface area contributed by atoms with Gasteiger partial charge in [0.25, 0.3) is 0 Å². The van der Waals surface area contributed by atoms with Crippen LogP contribution in [0.2, 0.25) is 0 Å². The number of hydrogen-bond donors (Lipinski definition) is 1. The number of imidazole rings is 1. The minimum Gasteiger partial charge on any atom is -0.495 e. The Bertz CT molecular complexity index is 717. The molecule has 0 saturated heterocycles. The molecule has 0 spiro atoms. The van der Waals surface area contributed by atoms with Crippen molar-refractivity contribution in [2.45, 2.75) is 6.92 Å². The van der Waals surface area contributed by atoms with E-state index in [0.717, 1.165) is 37.5 Å². The Balaban J connectivity index is 2.22. The molecule has 0 aliphatic heterocycles. The first-order valence-corrected chi connectivity index (χ1v) is 7.14. The molecule has 1 N–H and O–H groups in total. The number of hydrogen-bond acceptors (Lipinski definition) is 3. The van der Waals surface area contributed by atoms with Gasteiger partial charge in [-0.3, -0.25) is 0 Å². The Hall–Kier alpha value is -1.33. The summed E-state index contributed by atoms with van der Waals surface area (Å²) in [5, 5.41) is 2.00. The molecule has 0 aliphatic carbocycles. The first kappa shape index (κ1) is 11.7. The number of aryl methyl sites for hydroxylation is 1. The topological polar surface area (TPSA) is 37.9 Å². The molecule has 1 aromatic carbocycles. The Kier molecular flexibility index (Phi) is 2.87. The molecule has 3 aromatic rings. The second-order valence-corrected chi connectivity index (χ2v) is 5.85. The van der Waals surface area contributed by atoms with Crippen LogP contribution < -0.4 is 4.74 Å². The van der Waals surface area contributed by atoms with Gasteiger partial charge in [-0.25, -0.2) is 4.98 Å². The summed E-state index contributed by atoms with van der Waals surface area (Å²) in [7, 11) is 1.68. The van der Waals surface area contributed by atoms with Gasteiger partial charge in [0.1, 0.15) is 10.6 Å². The molecule has 0 fully saturated rings. The van der Waals surface area contributed by atoms with Crippen molar-refractivity contribution in [3.8, 4) is 16.5 Å². The molecule has 0 unspecified atom stereocenters. The van der Waals surface area contributed by atoms with Crippen molar-refractivity contribution in [3.05, 3.63) is 33.6 Å². The van der Waals surface area contributed by atoms with Gasteiger partial charge in [-0.1, -0.05) is 15.9 Å². The third-order valence-corrected chi connectivity index (χ3v) is 4.17. The molecule has 0 bridgehead atoms. The molecule has 0 amide bonds. The lowest BCUT2D eigenvalue weighted by Gasteiger charge is -1.97. The molecule has 0 atom stereocenters. The average molecular weight is 323 g/mol. The van der Waals surface area contributed by atoms with Crippen LogP contribution in [-0.2, 0) is 0 Å². The number of benzene rings is 1. The van der Waals surface area contributed by atoms with E-state index < -0.39 is 0 Å². The van der Waals surface area contributed by atoms with Crippen LogP contribution in [-0.4, -0.2) is 17.1 Å². The van der Waals surface area contributed by atoms with E-state index in [1.165, 1.54) is 0 Å². The average Bonchev–Trinajstić information content (AvgIpc) is 2.92. The fourth-order valence-electron chi connectivity index (χ4n) is 1.98. The van der Waals surface area contributed by atoms with Crippen molar-refractivity contribution in [2.24, 2.45) is 0 Å². The zero-order chi connectivity index (χ0) is 12.7. The van der Waals surface area contributed by atoms with Crippen LogP contribution in [0.3, 0.4) is 0 Å². The lowest BCUT2D eigenvalue weighted by Crippen LogP contribution is -1.83. The smallest absolute Gasteiger partial charge is 0.152 e. The summed E-state index contributed by atoms with van der Waals surface area (Å²) in [6, 6.07) is 6.06. The monoisotopic (exact) mass is 322 g/mol. The molecule has 2 heterocycles. The summed E-state index contributed by atoms with van der Waals surface area (Å²) in [6.07, 6.45) is 0. The number of aromatic nitrogens is 2. The first-order valence-electron chi connectivity index (χ1n) is 5.47. The number of rotatable bonds is 2. The molecule has 3 nitrogen and oxygen atoms in total. The quantitative estimate of drug-likeness (QED) is 0.760. The SMILES string of the molecule is COc1ccsc1-c1nc2c(C)cc(Br)cc2[nH]1. The third kappa shape index (κ3) is 1.83. The van der Waals surface area contributed by atoms with Gasteiger partial charge in [-0.2, -0.15) is 0 Å². The van der Waals surface area contributed by atoms with Gasteiger partial charge >= 0.3 is 0 Å². The first-order chi connectivity index (χ1) is 8.69. The van der Waals surface area contributed by atoms with E-state index in [1.54, 1.807) is 18.4 Å². The van der Waals surface area contributed by atoms with E-state index in [0.29, 0.717) is 0 Å². The Morgan fingerprint density at radius 2 is 2.22 bits per heavy atom. The molecule has 3 rings (SSSR count). The van der Waals surface area contributed by atoms with Gasteiger partial charge in [0, 0.05) is 4.47 Å². The summed E-state index contributed by atoms with van der Waals surface area (Å²) < 4.78 is 6.39. The molecule has 0 saturated carbocycles. The van der Waals surface area contributed by atoms with Crippen LogP contribution >= 0.6 is 27.3 Å². The maximum Gasteiger partial charge on any atom is 0.152 e. The number of ether oxygens (including phenoxy) is 1. The summed E-state index contributed by atoms with van der Waals surface area (Å²) in [4.78, 5) is 9.03. The van der Waals surface area contributed by atoms with Crippen LogP contribution in [0.1, 0.15) is 5.56 Å². The van der Waals surface area contributed by atoms with Crippen LogP contribution in [0.25, 0.3) is 21.7 Å². The predicted octanol–water partition coefficient (Wildman–Crippen LogP) is 4.37. The fourth-order valence-corrected chi connectivity index (χ4v) is 3.36. The van der Waals surface area contributed by atoms with Gasteiger partial charge in [-0.05, 0) is 36.1 Å². The summed E-state index contributed by atoms with van der Waals surface area (Å²) in [5.41, 5.74) is 3.19. The molecule has 92 valence electrons. The highest BCUT2D eigenvalue weighted by molar-refractivity contribution is 9.10. The normalized spacial score (nSPS) is 11.1. The van der Waals surface area contributed by atoms with Crippen molar-refractivity contribution < 1.29 is 4.74 Å². The molecule has 0 aliphatic rings. The standard InChI is InChI=1S/C13H11BrN2OS/c1-7-5-8(14)6-9-11(7)16-13(15-9)12-10(17-2)3-4-18-12/h3-6H,1-2H3,(H,15,16). The maximum atomic E-state index is 5.33. The second kappa shape index (κ2) is 4.40. The molecular weight excluding hydrogens is 312 g/mol. The second-order valence-electron chi connectivity index (χ2n) is 4.02. The van der Waals surface area contributed by atoms with Gasteiger partial charge in [0.2, 0.25) is 0 Å². The van der Waals surface area contributed by atoms with E-state index in [-0.39, 0.29) is 0 Å². The Labute approximate surface area is 117 Å². The van der Waals surface area contributed by atoms with Gasteiger partial charge in [-0.15, -0.1) is 11.3 Å². The van der Waals surface area contributed by atoms with Crippen molar-refractivity contribution in [3.63, 3.8) is 0 Å². The number of fused-ring (bicyclic) bond motifs is 1. The molecule has 0 radical (unpaired) electrons. The molecule has 18 heavy (non-hydrogen) atoms. The highest BCUT2D eigenvalue weighted by Crippen LogP contribution is 2.35. The zero-order valence-electron chi connectivity index (χ0n) is 9.95. The number of halogens is 1. The number of methoxy groups -OCH3 is 1. The van der Waals surface area contributed by atoms with E-state index in [2.05, 4.69) is 38.9 Å². The highest BCUT2D eigenvalue weighted by Gasteiger charge is 2.13. The van der Waals surface area contributed by atoms with Gasteiger partial charge in [0.05, 0.1) is 18.1 Å². The molecule has 5 heteroatoms. The number of nitrogens with one attached hydrogen (secondary N) is 1. The zero-order valence-corrected chi connectivity index (χ0v) is 12.4. The van der Waals surface area contributed by atoms with E-state index in [1.807, 2.05) is 17.5 Å². The lowest BCUT2D eigenvalue weighted by atomic mass is 10.2. The number of aromatic amines is 1. The maximum absolute atomic E-state index is 5.33. The summed E-state index contributed by atoms with van der Waals surface area (Å²) in [6.45, 7) is 2.06. The summed E-state index contributed by atoms with van der Waals surface area (Å²) >= 11 is 5.12. The van der Waals surface area contributed by atoms with Crippen molar-refractivity contribution in [2.75, 3.05) is 7.11 Å². The van der Waals surface area contributed by atoms with Crippen molar-refractivity contribution in [1.82, 2.24) is 9.97 Å². The van der Waals surface area contributed by atoms with Gasteiger partial charge < -0.3 is 9.72 Å². The van der Waals surface area contributed by atoms with Crippen LogP contribution in [0, 0.1) is 6.92 Å². The Morgan fingerprint density at radius 1 is 1.39 bits per heavy atom. The number of thiophene rings is 1. The number of nitrogens with zero attached hydrogens (tertiary/aromatic N) is 1. The van der Waals surface area contributed by atoms with E-state index in [4.69, 9.17) is 4.74 Å². The summed E-state index contributed by atoms with van der Waals surface area (Å²) in [5.74, 6) is 1.72. The van der Waals surface area contributed by atoms with Crippen LogP contribution in [0.5, 0.6) is 5.75 Å². The molecular formula is C13H11BrN2OS. The van der Waals surface area contributed by atoms with Gasteiger partial charge in [0.15, 0.2) is 5.82 Å². The van der Waals surface area contributed by atoms with Crippen molar-refractivity contribution >= 4 is 38.3 Å². The fraction of sp³-hybridized carbons (Fsp3) is 0.154. The lowest BCUT2D eigenvalue weighted by molar-refractivity contribution is 0.418. The number of H-pyrrole nitrogens is 1. The van der Waals surface area contributed by atoms with Crippen LogP contribution in [0.15, 0.2) is 28.1 Å². The van der Waals surface area contributed by atoms with E-state index >= 15 is 0 Å². The van der Waals surface area contributed by atoms with E-state index in [9.17, 15) is 0 Å². The minimum absolute atomic E-state index is 0.857. The third-order valence-electron chi connectivity index (χ3n) is 2.81. The Morgan fingerprint density at radius 3 is 3.00 bits per heavy atom. The molecule has 2 aromatic heterocycles.